The van der Waals surface area contributed by atoms with Gasteiger partial charge in [0.05, 0.1) is 6.42 Å². The summed E-state index contributed by atoms with van der Waals surface area (Å²) in [5.41, 5.74) is 1.66. The van der Waals surface area contributed by atoms with Crippen molar-refractivity contribution in [3.63, 3.8) is 0 Å². The summed E-state index contributed by atoms with van der Waals surface area (Å²) in [5, 5.41) is 0. The van der Waals surface area contributed by atoms with Gasteiger partial charge in [0, 0.05) is 12.0 Å². The van der Waals surface area contributed by atoms with Crippen LogP contribution in [0.4, 0.5) is 0 Å². The van der Waals surface area contributed by atoms with Crippen molar-refractivity contribution < 1.29 is 4.58 Å². The molecule has 2 heterocycles. The highest BCUT2D eigenvalue weighted by molar-refractivity contribution is 5.58. The van der Waals surface area contributed by atoms with Crippen LogP contribution in [0.2, 0.25) is 0 Å². The van der Waals surface area contributed by atoms with Crippen LogP contribution in [-0.2, 0) is 0 Å². The normalized spacial score (nSPS) is 24.5. The Bertz CT molecular complexity index is 250. The summed E-state index contributed by atoms with van der Waals surface area (Å²) in [4.78, 5) is 0. The van der Waals surface area contributed by atoms with Crippen molar-refractivity contribution in [3.8, 4) is 0 Å². The average Bonchev–Trinajstić information content (AvgIpc) is 2.69. The van der Waals surface area contributed by atoms with Crippen LogP contribution in [0.15, 0.2) is 11.8 Å². The Balaban J connectivity index is 1.82. The molecule has 0 N–H and O–H groups in total. The molecule has 1 nitrogen and oxygen atoms in total. The lowest BCUT2D eigenvalue weighted by Gasteiger charge is -2.01. The topological polar surface area (TPSA) is 3.01 Å². The zero-order valence-electron chi connectivity index (χ0n) is 9.88. The van der Waals surface area contributed by atoms with Crippen LogP contribution < -0.4 is 0 Å². The summed E-state index contributed by atoms with van der Waals surface area (Å²) in [7, 11) is 0. The lowest BCUT2D eigenvalue weighted by molar-refractivity contribution is -0.450. The molecule has 1 heteroatoms. The van der Waals surface area contributed by atoms with E-state index in [9.17, 15) is 0 Å². The van der Waals surface area contributed by atoms with Crippen molar-refractivity contribution >= 4 is 6.21 Å². The molecule has 15 heavy (non-hydrogen) atoms. The number of fused-ring (bicyclic) bond motifs is 1. The van der Waals surface area contributed by atoms with E-state index in [4.69, 9.17) is 0 Å². The zero-order chi connectivity index (χ0) is 10.3. The van der Waals surface area contributed by atoms with Crippen LogP contribution in [0.1, 0.15) is 64.2 Å². The average molecular weight is 206 g/mol. The van der Waals surface area contributed by atoms with E-state index in [1.807, 2.05) is 0 Å². The lowest BCUT2D eigenvalue weighted by Crippen LogP contribution is -2.04. The largest absolute Gasteiger partial charge is 0.209 e. The molecule has 0 saturated heterocycles. The first-order chi connectivity index (χ1) is 7.45. The Morgan fingerprint density at radius 1 is 0.800 bits per heavy atom. The predicted molar refractivity (Wildman–Crippen MR) is 65.4 cm³/mol. The number of hydrogen-bond acceptors (Lipinski definition) is 0. The fourth-order valence-corrected chi connectivity index (χ4v) is 2.60. The van der Waals surface area contributed by atoms with Crippen molar-refractivity contribution in [2.45, 2.75) is 64.2 Å². The van der Waals surface area contributed by atoms with E-state index in [1.54, 1.807) is 5.57 Å². The minimum atomic E-state index is 1.22. The lowest BCUT2D eigenvalue weighted by atomic mass is 10.0. The number of hydrogen-bond donors (Lipinski definition) is 0. The van der Waals surface area contributed by atoms with Crippen molar-refractivity contribution in [1.29, 1.82) is 0 Å². The molecule has 0 fully saturated rings. The van der Waals surface area contributed by atoms with Crippen molar-refractivity contribution in [2.75, 3.05) is 6.54 Å². The maximum Gasteiger partial charge on any atom is 0.168 e. The molecule has 0 unspecified atom stereocenters. The highest BCUT2D eigenvalue weighted by Crippen LogP contribution is 2.18. The maximum atomic E-state index is 2.42. The third kappa shape index (κ3) is 3.81. The van der Waals surface area contributed by atoms with Crippen LogP contribution in [-0.4, -0.2) is 17.3 Å². The van der Waals surface area contributed by atoms with E-state index < -0.39 is 0 Å². The van der Waals surface area contributed by atoms with Gasteiger partial charge in [0.2, 0.25) is 0 Å². The number of allylic oxidation sites excluding steroid dienone is 1. The Morgan fingerprint density at radius 2 is 1.47 bits per heavy atom. The molecule has 2 bridgehead atoms. The van der Waals surface area contributed by atoms with Crippen LogP contribution in [0.5, 0.6) is 0 Å². The monoisotopic (exact) mass is 206 g/mol. The summed E-state index contributed by atoms with van der Waals surface area (Å²) < 4.78 is 2.42. The third-order valence-corrected chi connectivity index (χ3v) is 3.60. The van der Waals surface area contributed by atoms with E-state index in [0.717, 1.165) is 0 Å². The van der Waals surface area contributed by atoms with Gasteiger partial charge in [0.25, 0.3) is 0 Å². The van der Waals surface area contributed by atoms with Crippen LogP contribution >= 0.6 is 0 Å². The molecule has 0 aromatic carbocycles. The SMILES string of the molecule is C1=C2CC=[N+]1CCCCCCCCCC2. The predicted octanol–water partition coefficient (Wildman–Crippen LogP) is 3.88. The third-order valence-electron chi connectivity index (χ3n) is 3.60. The van der Waals surface area contributed by atoms with E-state index in [2.05, 4.69) is 17.0 Å². The summed E-state index contributed by atoms with van der Waals surface area (Å²) in [6, 6.07) is 0. The van der Waals surface area contributed by atoms with Gasteiger partial charge in [-0.15, -0.1) is 0 Å². The second-order valence-corrected chi connectivity index (χ2v) is 4.99. The molecule has 0 aromatic heterocycles. The van der Waals surface area contributed by atoms with Gasteiger partial charge in [-0.3, -0.25) is 0 Å². The van der Waals surface area contributed by atoms with E-state index >= 15 is 0 Å². The molecule has 0 spiro atoms. The summed E-state index contributed by atoms with van der Waals surface area (Å²) in [5.74, 6) is 0. The maximum absolute atomic E-state index is 2.42. The molecule has 0 atom stereocenters. The van der Waals surface area contributed by atoms with E-state index in [-0.39, 0.29) is 0 Å². The van der Waals surface area contributed by atoms with Crippen LogP contribution in [0.25, 0.3) is 0 Å². The minimum absolute atomic E-state index is 1.22. The van der Waals surface area contributed by atoms with Crippen molar-refractivity contribution in [2.24, 2.45) is 0 Å². The van der Waals surface area contributed by atoms with Gasteiger partial charge < -0.3 is 0 Å². The first-order valence-electron chi connectivity index (χ1n) is 6.74. The molecule has 0 amide bonds. The Morgan fingerprint density at radius 3 is 2.27 bits per heavy atom. The second kappa shape index (κ2) is 6.09. The Kier molecular flexibility index (Phi) is 4.43. The highest BCUT2D eigenvalue weighted by atomic mass is 15.0. The van der Waals surface area contributed by atoms with Gasteiger partial charge in [0.1, 0.15) is 12.8 Å². The van der Waals surface area contributed by atoms with E-state index in [1.165, 1.54) is 70.8 Å². The van der Waals surface area contributed by atoms with Crippen molar-refractivity contribution in [1.82, 2.24) is 0 Å². The standard InChI is InChI=1S/C14H24N/c1-2-4-6-8-11-15-12-10-14(13-15)9-7-5-3-1/h12-13H,1-11H2/q+1. The molecule has 84 valence electrons. The summed E-state index contributed by atoms with van der Waals surface area (Å²) in [6.07, 6.45) is 18.8. The van der Waals surface area contributed by atoms with Crippen molar-refractivity contribution in [3.05, 3.63) is 11.8 Å². The Hall–Kier alpha value is -0.590. The molecule has 2 aliphatic rings. The molecule has 0 aromatic rings. The molecule has 0 aliphatic carbocycles. The first-order valence-corrected chi connectivity index (χ1v) is 6.74. The fraction of sp³-hybridized carbons (Fsp3) is 0.786. The molecule has 2 aliphatic heterocycles. The number of nitrogens with zero attached hydrogens (tertiary/aromatic N) is 1. The molecule has 2 rings (SSSR count). The van der Waals surface area contributed by atoms with Gasteiger partial charge in [-0.2, -0.15) is 0 Å². The van der Waals surface area contributed by atoms with Gasteiger partial charge >= 0.3 is 0 Å². The smallest absolute Gasteiger partial charge is 0.168 e. The van der Waals surface area contributed by atoms with Gasteiger partial charge in [-0.25, -0.2) is 4.58 Å². The van der Waals surface area contributed by atoms with Crippen LogP contribution in [0, 0.1) is 0 Å². The minimum Gasteiger partial charge on any atom is -0.209 e. The van der Waals surface area contributed by atoms with Gasteiger partial charge in [-0.05, 0) is 19.3 Å². The quantitative estimate of drug-likeness (QED) is 0.529. The Labute approximate surface area is 93.9 Å². The van der Waals surface area contributed by atoms with Gasteiger partial charge in [-0.1, -0.05) is 32.1 Å². The van der Waals surface area contributed by atoms with Gasteiger partial charge in [0.15, 0.2) is 6.20 Å². The van der Waals surface area contributed by atoms with Crippen LogP contribution in [0.3, 0.4) is 0 Å². The summed E-state index contributed by atoms with van der Waals surface area (Å²) in [6.45, 7) is 1.25. The highest BCUT2D eigenvalue weighted by Gasteiger charge is 2.12. The molecular formula is C14H24N+. The van der Waals surface area contributed by atoms with E-state index in [0.29, 0.717) is 0 Å². The first kappa shape index (κ1) is 10.9. The summed E-state index contributed by atoms with van der Waals surface area (Å²) >= 11 is 0. The zero-order valence-corrected chi connectivity index (χ0v) is 9.88. The molecule has 0 saturated carbocycles. The fourth-order valence-electron chi connectivity index (χ4n) is 2.60. The second-order valence-electron chi connectivity index (χ2n) is 4.99. The molecule has 0 radical (unpaired) electrons. The number of rotatable bonds is 0. The molecular weight excluding hydrogens is 182 g/mol.